The molecule has 3 rings (SSSR count). The first-order valence-electron chi connectivity index (χ1n) is 9.87. The summed E-state index contributed by atoms with van der Waals surface area (Å²) >= 11 is 5.81. The van der Waals surface area contributed by atoms with Crippen molar-refractivity contribution in [3.05, 3.63) is 64.9 Å². The summed E-state index contributed by atoms with van der Waals surface area (Å²) in [6, 6.07) is 10.9. The summed E-state index contributed by atoms with van der Waals surface area (Å²) in [7, 11) is -3.79. The first kappa shape index (κ1) is 23.6. The third-order valence-electron chi connectivity index (χ3n) is 5.10. The zero-order valence-electron chi connectivity index (χ0n) is 16.6. The number of rotatable bonds is 8. The van der Waals surface area contributed by atoms with Crippen molar-refractivity contribution in [3.63, 3.8) is 0 Å². The van der Waals surface area contributed by atoms with Gasteiger partial charge in [0, 0.05) is 11.6 Å². The quantitative estimate of drug-likeness (QED) is 0.549. The molecule has 0 saturated carbocycles. The molecule has 1 aliphatic rings. The minimum atomic E-state index is -3.79. The number of ether oxygens (including phenoxy) is 1. The molecule has 0 aliphatic carbocycles. The highest BCUT2D eigenvalue weighted by molar-refractivity contribution is 7.89. The van der Waals surface area contributed by atoms with E-state index >= 15 is 0 Å². The Hall–Kier alpha value is -2.04. The van der Waals surface area contributed by atoms with Gasteiger partial charge in [0.25, 0.3) is 5.91 Å². The van der Waals surface area contributed by atoms with E-state index in [2.05, 4.69) is 10.0 Å². The SMILES string of the molecule is O=C(NCC[C@@H]1CC[C@H](NS(=O)(=O)c2ccc(Cl)cc2)[C@H](CO)O1)c1ccccc1F. The Morgan fingerprint density at radius 3 is 2.55 bits per heavy atom. The first-order valence-corrected chi connectivity index (χ1v) is 11.7. The Morgan fingerprint density at radius 1 is 1.16 bits per heavy atom. The third-order valence-corrected chi connectivity index (χ3v) is 6.85. The van der Waals surface area contributed by atoms with Crippen molar-refractivity contribution in [1.29, 1.82) is 0 Å². The maximum Gasteiger partial charge on any atom is 0.254 e. The van der Waals surface area contributed by atoms with Crippen molar-refractivity contribution in [3.8, 4) is 0 Å². The summed E-state index contributed by atoms with van der Waals surface area (Å²) in [6.45, 7) is -0.0942. The Labute approximate surface area is 185 Å². The van der Waals surface area contributed by atoms with Crippen molar-refractivity contribution >= 4 is 27.5 Å². The predicted octanol–water partition coefficient (Wildman–Crippen LogP) is 2.49. The van der Waals surface area contributed by atoms with Crippen LogP contribution in [0.15, 0.2) is 53.4 Å². The second-order valence-corrected chi connectivity index (χ2v) is 9.41. The van der Waals surface area contributed by atoms with Gasteiger partial charge >= 0.3 is 0 Å². The first-order chi connectivity index (χ1) is 14.8. The van der Waals surface area contributed by atoms with Gasteiger partial charge in [-0.1, -0.05) is 23.7 Å². The van der Waals surface area contributed by atoms with E-state index in [1.54, 1.807) is 6.07 Å². The average Bonchev–Trinajstić information content (AvgIpc) is 2.75. The molecule has 2 aromatic carbocycles. The summed E-state index contributed by atoms with van der Waals surface area (Å²) in [4.78, 5) is 12.2. The maximum absolute atomic E-state index is 13.7. The molecule has 0 unspecified atom stereocenters. The molecule has 2 aromatic rings. The van der Waals surface area contributed by atoms with Crippen LogP contribution < -0.4 is 10.0 Å². The summed E-state index contributed by atoms with van der Waals surface area (Å²) in [5, 5.41) is 12.8. The van der Waals surface area contributed by atoms with E-state index in [9.17, 15) is 22.7 Å². The number of nitrogens with one attached hydrogen (secondary N) is 2. The molecule has 1 amide bonds. The topological polar surface area (TPSA) is 105 Å². The van der Waals surface area contributed by atoms with Gasteiger partial charge in [0.05, 0.1) is 35.3 Å². The summed E-state index contributed by atoms with van der Waals surface area (Å²) in [5.74, 6) is -1.11. The van der Waals surface area contributed by atoms with Crippen LogP contribution in [-0.2, 0) is 14.8 Å². The zero-order valence-corrected chi connectivity index (χ0v) is 18.2. The number of amides is 1. The fraction of sp³-hybridized carbons (Fsp3) is 0.381. The van der Waals surface area contributed by atoms with Gasteiger partial charge in [-0.25, -0.2) is 17.5 Å². The Kier molecular flexibility index (Phi) is 8.01. The highest BCUT2D eigenvalue weighted by Gasteiger charge is 2.33. The molecule has 0 bridgehead atoms. The summed E-state index contributed by atoms with van der Waals surface area (Å²) in [5.41, 5.74) is -0.0306. The zero-order chi connectivity index (χ0) is 22.4. The molecule has 3 N–H and O–H groups in total. The molecule has 1 heterocycles. The molecule has 0 aromatic heterocycles. The van der Waals surface area contributed by atoms with Gasteiger partial charge in [0.15, 0.2) is 0 Å². The van der Waals surface area contributed by atoms with Gasteiger partial charge in [-0.15, -0.1) is 0 Å². The highest BCUT2D eigenvalue weighted by atomic mass is 35.5. The van der Waals surface area contributed by atoms with Crippen LogP contribution in [0.2, 0.25) is 5.02 Å². The molecule has 1 fully saturated rings. The van der Waals surface area contributed by atoms with Crippen LogP contribution in [0.25, 0.3) is 0 Å². The van der Waals surface area contributed by atoms with Crippen LogP contribution in [0.5, 0.6) is 0 Å². The molecule has 31 heavy (non-hydrogen) atoms. The molecule has 1 saturated heterocycles. The van der Waals surface area contributed by atoms with E-state index < -0.39 is 33.9 Å². The molecular formula is C21H24ClFN2O5S. The molecule has 7 nitrogen and oxygen atoms in total. The molecule has 0 radical (unpaired) electrons. The Balaban J connectivity index is 1.51. The van der Waals surface area contributed by atoms with Crippen LogP contribution in [0.3, 0.4) is 0 Å². The van der Waals surface area contributed by atoms with Crippen LogP contribution in [0.4, 0.5) is 4.39 Å². The standard InChI is InChI=1S/C21H24ClFN2O5S/c22-14-5-8-16(9-6-14)31(28,29)25-19-10-7-15(30-20(19)13-26)11-12-24-21(27)17-3-1-2-4-18(17)23/h1-6,8-9,15,19-20,25-26H,7,10-13H2,(H,24,27)/t15-,19-,20-/m0/s1. The van der Waals surface area contributed by atoms with E-state index in [0.717, 1.165) is 0 Å². The monoisotopic (exact) mass is 470 g/mol. The van der Waals surface area contributed by atoms with Crippen LogP contribution in [0, 0.1) is 5.82 Å². The Bertz CT molecular complexity index is 1000. The lowest BCUT2D eigenvalue weighted by Gasteiger charge is -2.36. The van der Waals surface area contributed by atoms with Gasteiger partial charge < -0.3 is 15.2 Å². The van der Waals surface area contributed by atoms with Gasteiger partial charge in [-0.2, -0.15) is 0 Å². The largest absolute Gasteiger partial charge is 0.394 e. The summed E-state index contributed by atoms with van der Waals surface area (Å²) in [6.07, 6.45) is 0.467. The number of benzene rings is 2. The van der Waals surface area contributed by atoms with E-state index in [0.29, 0.717) is 24.3 Å². The van der Waals surface area contributed by atoms with E-state index in [4.69, 9.17) is 16.3 Å². The molecule has 10 heteroatoms. The molecule has 3 atom stereocenters. The number of halogens is 2. The average molecular weight is 471 g/mol. The highest BCUT2D eigenvalue weighted by Crippen LogP contribution is 2.24. The molecule has 168 valence electrons. The fourth-order valence-electron chi connectivity index (χ4n) is 3.45. The number of hydrogen-bond acceptors (Lipinski definition) is 5. The van der Waals surface area contributed by atoms with Crippen LogP contribution >= 0.6 is 11.6 Å². The van der Waals surface area contributed by atoms with Crippen molar-refractivity contribution in [2.45, 2.75) is 42.4 Å². The maximum atomic E-state index is 13.7. The second-order valence-electron chi connectivity index (χ2n) is 7.26. The number of aliphatic hydroxyl groups is 1. The predicted molar refractivity (Wildman–Crippen MR) is 114 cm³/mol. The lowest BCUT2D eigenvalue weighted by atomic mass is 9.98. The van der Waals surface area contributed by atoms with Crippen molar-refractivity contribution in [1.82, 2.24) is 10.0 Å². The van der Waals surface area contributed by atoms with E-state index in [1.165, 1.54) is 42.5 Å². The van der Waals surface area contributed by atoms with Crippen molar-refractivity contribution in [2.24, 2.45) is 0 Å². The number of carbonyl (C=O) groups excluding carboxylic acids is 1. The number of aliphatic hydroxyl groups excluding tert-OH is 1. The number of sulfonamides is 1. The molecule has 0 spiro atoms. The second kappa shape index (κ2) is 10.5. The lowest BCUT2D eigenvalue weighted by molar-refractivity contribution is -0.0871. The molecular weight excluding hydrogens is 447 g/mol. The fourth-order valence-corrected chi connectivity index (χ4v) is 4.87. The number of hydrogen-bond donors (Lipinski definition) is 3. The lowest BCUT2D eigenvalue weighted by Crippen LogP contribution is -2.51. The van der Waals surface area contributed by atoms with Gasteiger partial charge in [0.2, 0.25) is 10.0 Å². The molecule has 1 aliphatic heterocycles. The smallest absolute Gasteiger partial charge is 0.254 e. The normalized spacial score (nSPS) is 21.6. The minimum absolute atomic E-state index is 0.0306. The Morgan fingerprint density at radius 2 is 1.87 bits per heavy atom. The third kappa shape index (κ3) is 6.24. The summed E-state index contributed by atoms with van der Waals surface area (Å²) < 4.78 is 47.3. The van der Waals surface area contributed by atoms with E-state index in [1.807, 2.05) is 0 Å². The van der Waals surface area contributed by atoms with Gasteiger partial charge in [-0.05, 0) is 55.7 Å². The van der Waals surface area contributed by atoms with Crippen molar-refractivity contribution < 1.29 is 27.4 Å². The van der Waals surface area contributed by atoms with Gasteiger partial charge in [-0.3, -0.25) is 4.79 Å². The van der Waals surface area contributed by atoms with E-state index in [-0.39, 0.29) is 29.7 Å². The number of carbonyl (C=O) groups is 1. The van der Waals surface area contributed by atoms with Crippen LogP contribution in [-0.4, -0.2) is 50.8 Å². The van der Waals surface area contributed by atoms with Crippen molar-refractivity contribution in [2.75, 3.05) is 13.2 Å². The van der Waals surface area contributed by atoms with Gasteiger partial charge in [0.1, 0.15) is 5.82 Å². The minimum Gasteiger partial charge on any atom is -0.394 e. The van der Waals surface area contributed by atoms with Crippen LogP contribution in [0.1, 0.15) is 29.6 Å².